The zero-order valence-corrected chi connectivity index (χ0v) is 15.1. The highest BCUT2D eigenvalue weighted by molar-refractivity contribution is 5.93. The second-order valence-corrected chi connectivity index (χ2v) is 6.77. The summed E-state index contributed by atoms with van der Waals surface area (Å²) in [6.07, 6.45) is -0.564. The molecule has 4 aromatic rings. The van der Waals surface area contributed by atoms with Crippen LogP contribution >= 0.6 is 0 Å². The third-order valence-electron chi connectivity index (χ3n) is 5.04. The van der Waals surface area contributed by atoms with E-state index < -0.39 is 29.8 Å². The molecule has 0 unspecified atom stereocenters. The van der Waals surface area contributed by atoms with Crippen LogP contribution in [0.2, 0.25) is 0 Å². The molecule has 4 aromatic heterocycles. The Balaban J connectivity index is 1.63. The summed E-state index contributed by atoms with van der Waals surface area (Å²) in [6.45, 7) is 0.123. The van der Waals surface area contributed by atoms with Crippen molar-refractivity contribution in [2.45, 2.75) is 18.8 Å². The third-order valence-corrected chi connectivity index (χ3v) is 5.04. The number of hydrogen-bond donors (Lipinski definition) is 1. The number of aromatic amines is 1. The number of halogens is 4. The molecule has 0 saturated heterocycles. The van der Waals surface area contributed by atoms with Crippen molar-refractivity contribution < 1.29 is 22.4 Å². The molecule has 30 heavy (non-hydrogen) atoms. The number of fused-ring (bicyclic) bond motifs is 2. The molecule has 0 fully saturated rings. The first-order valence-electron chi connectivity index (χ1n) is 8.92. The van der Waals surface area contributed by atoms with Crippen molar-refractivity contribution in [2.75, 3.05) is 6.54 Å². The lowest BCUT2D eigenvalue weighted by atomic mass is 9.99. The molecular formula is C18H13F4N7O. The number of nitrogens with zero attached hydrogens (tertiary/aromatic N) is 6. The Bertz CT molecular complexity index is 1250. The van der Waals surface area contributed by atoms with Gasteiger partial charge in [0.2, 0.25) is 0 Å². The number of carbonyl (C=O) groups is 1. The van der Waals surface area contributed by atoms with Crippen molar-refractivity contribution in [3.63, 3.8) is 0 Å². The number of amides is 1. The van der Waals surface area contributed by atoms with E-state index in [0.29, 0.717) is 17.8 Å². The van der Waals surface area contributed by atoms with Crippen molar-refractivity contribution in [3.8, 4) is 0 Å². The van der Waals surface area contributed by atoms with Gasteiger partial charge in [0.15, 0.2) is 0 Å². The molecule has 1 N–H and O–H groups in total. The van der Waals surface area contributed by atoms with Crippen molar-refractivity contribution in [3.05, 3.63) is 71.6 Å². The fourth-order valence-electron chi connectivity index (χ4n) is 3.74. The minimum absolute atomic E-state index is 0.123. The van der Waals surface area contributed by atoms with E-state index in [0.717, 1.165) is 18.0 Å². The smallest absolute Gasteiger partial charge is 0.348 e. The molecule has 0 radical (unpaired) electrons. The maximum absolute atomic E-state index is 14.2. The minimum Gasteiger partial charge on any atom is -0.348 e. The molecule has 0 aliphatic carbocycles. The fourth-order valence-corrected chi connectivity index (χ4v) is 3.74. The van der Waals surface area contributed by atoms with Crippen LogP contribution in [0.1, 0.15) is 33.6 Å². The highest BCUT2D eigenvalue weighted by Gasteiger charge is 2.41. The lowest BCUT2D eigenvalue weighted by Crippen LogP contribution is -2.42. The van der Waals surface area contributed by atoms with Crippen molar-refractivity contribution >= 4 is 11.4 Å². The number of H-pyrrole nitrogens is 1. The first-order valence-corrected chi connectivity index (χ1v) is 8.92. The molecule has 1 amide bonds. The van der Waals surface area contributed by atoms with Gasteiger partial charge in [-0.1, -0.05) is 0 Å². The Morgan fingerprint density at radius 2 is 2.10 bits per heavy atom. The second-order valence-electron chi connectivity index (χ2n) is 6.77. The van der Waals surface area contributed by atoms with Gasteiger partial charge < -0.3 is 9.88 Å². The molecule has 0 spiro atoms. The molecule has 8 nitrogen and oxygen atoms in total. The van der Waals surface area contributed by atoms with Crippen LogP contribution in [0.3, 0.4) is 0 Å². The number of pyridine rings is 1. The van der Waals surface area contributed by atoms with Gasteiger partial charge >= 0.3 is 6.30 Å². The first kappa shape index (κ1) is 18.3. The lowest BCUT2D eigenvalue weighted by Gasteiger charge is -2.34. The van der Waals surface area contributed by atoms with Gasteiger partial charge in [0.05, 0.1) is 23.9 Å². The molecule has 5 heterocycles. The van der Waals surface area contributed by atoms with Gasteiger partial charge in [-0.05, 0) is 24.3 Å². The third kappa shape index (κ3) is 2.75. The van der Waals surface area contributed by atoms with Gasteiger partial charge in [0.1, 0.15) is 23.1 Å². The van der Waals surface area contributed by atoms with E-state index in [-0.39, 0.29) is 16.7 Å². The largest absolute Gasteiger partial charge is 0.505 e. The molecule has 12 heteroatoms. The number of rotatable bonds is 2. The van der Waals surface area contributed by atoms with Crippen molar-refractivity contribution in [1.29, 1.82) is 0 Å². The predicted octanol–water partition coefficient (Wildman–Crippen LogP) is 2.66. The van der Waals surface area contributed by atoms with Gasteiger partial charge in [0, 0.05) is 24.9 Å². The zero-order valence-electron chi connectivity index (χ0n) is 15.1. The summed E-state index contributed by atoms with van der Waals surface area (Å²) in [5, 5.41) is 7.58. The van der Waals surface area contributed by atoms with Gasteiger partial charge in [-0.2, -0.15) is 14.9 Å². The van der Waals surface area contributed by atoms with Gasteiger partial charge in [0.25, 0.3) is 5.91 Å². The molecule has 5 rings (SSSR count). The zero-order chi connectivity index (χ0) is 21.0. The van der Waals surface area contributed by atoms with Gasteiger partial charge in [-0.25, -0.2) is 13.9 Å². The van der Waals surface area contributed by atoms with E-state index >= 15 is 0 Å². The minimum atomic E-state index is -4.84. The van der Waals surface area contributed by atoms with Crippen LogP contribution in [0.4, 0.5) is 17.6 Å². The lowest BCUT2D eigenvalue weighted by molar-refractivity contribution is -0.213. The number of alkyl halides is 3. The number of nitrogens with one attached hydrogen (secondary N) is 1. The Kier molecular flexibility index (Phi) is 3.91. The molecule has 1 aliphatic rings. The quantitative estimate of drug-likeness (QED) is 0.507. The second kappa shape index (κ2) is 6.40. The molecule has 0 saturated carbocycles. The Labute approximate surface area is 165 Å². The van der Waals surface area contributed by atoms with Crippen LogP contribution in [-0.4, -0.2) is 46.7 Å². The van der Waals surface area contributed by atoms with E-state index in [4.69, 9.17) is 0 Å². The molecule has 0 bridgehead atoms. The summed E-state index contributed by atoms with van der Waals surface area (Å²) < 4.78 is 55.0. The average Bonchev–Trinajstić information content (AvgIpc) is 3.44. The topological polar surface area (TPSA) is 84.1 Å². The normalized spacial score (nSPS) is 16.8. The van der Waals surface area contributed by atoms with Crippen LogP contribution in [0, 0.1) is 5.82 Å². The summed E-state index contributed by atoms with van der Waals surface area (Å²) in [5.74, 6) is -1.39. The molecular weight excluding hydrogens is 406 g/mol. The average molecular weight is 419 g/mol. The van der Waals surface area contributed by atoms with Gasteiger partial charge in [-0.3, -0.25) is 4.79 Å². The van der Waals surface area contributed by atoms with E-state index in [1.807, 2.05) is 0 Å². The van der Waals surface area contributed by atoms with Crippen molar-refractivity contribution in [2.24, 2.45) is 0 Å². The first-order chi connectivity index (χ1) is 14.3. The van der Waals surface area contributed by atoms with E-state index in [9.17, 15) is 22.4 Å². The molecule has 154 valence electrons. The fraction of sp³-hybridized carbons (Fsp3) is 0.222. The maximum Gasteiger partial charge on any atom is 0.505 e. The van der Waals surface area contributed by atoms with E-state index in [2.05, 4.69) is 20.2 Å². The number of carbonyl (C=O) groups excluding carboxylic acids is 1. The van der Waals surface area contributed by atoms with Crippen LogP contribution in [0.15, 0.2) is 43.0 Å². The number of imidazole rings is 1. The molecule has 1 atom stereocenters. The SMILES string of the molecule is O=C(c1ccnn1C(F)(F)F)N1CCc2[nH]cnc2[C@@H]1c1cc2c(F)cccn2n1. The van der Waals surface area contributed by atoms with Gasteiger partial charge in [-0.15, -0.1) is 13.2 Å². The standard InChI is InChI=1S/C18H13F4N7O/c19-10-2-1-6-28-14(10)8-12(26-28)16-15-11(23-9-24-15)4-7-27(16)17(30)13-3-5-25-29(13)18(20,21)22/h1-3,5-6,8-9,16H,4,7H2,(H,23,24)/t16-/m0/s1. The summed E-state index contributed by atoms with van der Waals surface area (Å²) >= 11 is 0. The van der Waals surface area contributed by atoms with Crippen LogP contribution in [0.5, 0.6) is 0 Å². The maximum atomic E-state index is 14.2. The van der Waals surface area contributed by atoms with E-state index in [1.165, 1.54) is 33.9 Å². The Morgan fingerprint density at radius 1 is 1.27 bits per heavy atom. The molecule has 1 aliphatic heterocycles. The Morgan fingerprint density at radius 3 is 2.87 bits per heavy atom. The summed E-state index contributed by atoms with van der Waals surface area (Å²) in [5.41, 5.74) is 1.05. The van der Waals surface area contributed by atoms with Crippen LogP contribution < -0.4 is 0 Å². The monoisotopic (exact) mass is 419 g/mol. The summed E-state index contributed by atoms with van der Waals surface area (Å²) in [7, 11) is 0. The van der Waals surface area contributed by atoms with Crippen molar-refractivity contribution in [1.82, 2.24) is 34.3 Å². The van der Waals surface area contributed by atoms with Crippen LogP contribution in [-0.2, 0) is 12.7 Å². The van der Waals surface area contributed by atoms with E-state index in [1.54, 1.807) is 6.20 Å². The summed E-state index contributed by atoms with van der Waals surface area (Å²) in [6, 6.07) is 4.34. The molecule has 0 aromatic carbocycles. The highest BCUT2D eigenvalue weighted by atomic mass is 19.4. The number of hydrogen-bond acceptors (Lipinski definition) is 4. The highest BCUT2D eigenvalue weighted by Crippen LogP contribution is 2.35. The predicted molar refractivity (Wildman–Crippen MR) is 93.8 cm³/mol. The Hall–Kier alpha value is -3.70. The number of aromatic nitrogens is 6. The van der Waals surface area contributed by atoms with Crippen LogP contribution in [0.25, 0.3) is 5.52 Å². The summed E-state index contributed by atoms with van der Waals surface area (Å²) in [4.78, 5) is 21.6.